The summed E-state index contributed by atoms with van der Waals surface area (Å²) in [5.41, 5.74) is 2.62. The molecule has 1 N–H and O–H groups in total. The topological polar surface area (TPSA) is 63.3 Å². The molecule has 2 aromatic carbocycles. The Morgan fingerprint density at radius 3 is 2.80 bits per heavy atom. The van der Waals surface area contributed by atoms with Crippen molar-refractivity contribution in [2.24, 2.45) is 0 Å². The minimum absolute atomic E-state index is 0.105. The van der Waals surface area contributed by atoms with Gasteiger partial charge < -0.3 is 9.52 Å². The van der Waals surface area contributed by atoms with Crippen molar-refractivity contribution < 1.29 is 14.3 Å². The number of hydrogen-bond acceptors (Lipinski definition) is 3. The number of benzene rings is 2. The lowest BCUT2D eigenvalue weighted by Gasteiger charge is -2.01. The highest BCUT2D eigenvalue weighted by atomic mass is 35.5. The summed E-state index contributed by atoms with van der Waals surface area (Å²) >= 11 is 5.92. The predicted octanol–water partition coefficient (Wildman–Crippen LogP) is 4.15. The lowest BCUT2D eigenvalue weighted by atomic mass is 10.1. The van der Waals surface area contributed by atoms with Crippen LogP contribution in [-0.2, 0) is 0 Å². The van der Waals surface area contributed by atoms with Gasteiger partial charge in [0.1, 0.15) is 11.1 Å². The molecule has 1 heterocycles. The summed E-state index contributed by atoms with van der Waals surface area (Å²) in [6.45, 7) is 1.90. The van der Waals surface area contributed by atoms with Crippen molar-refractivity contribution in [1.82, 2.24) is 4.98 Å². The molecule has 5 heteroatoms. The summed E-state index contributed by atoms with van der Waals surface area (Å²) in [5, 5.41) is 9.78. The number of fused-ring (bicyclic) bond motifs is 1. The maximum Gasteiger partial charge on any atom is 0.339 e. The first-order valence-electron chi connectivity index (χ1n) is 5.95. The number of aromatic nitrogens is 1. The second kappa shape index (κ2) is 4.65. The first-order chi connectivity index (χ1) is 9.56. The van der Waals surface area contributed by atoms with Crippen molar-refractivity contribution in [3.8, 4) is 11.5 Å². The molecule has 0 saturated heterocycles. The van der Waals surface area contributed by atoms with Gasteiger partial charge >= 0.3 is 5.97 Å². The number of carboxylic acids is 1. The fourth-order valence-corrected chi connectivity index (χ4v) is 2.33. The molecule has 4 nitrogen and oxygen atoms in total. The molecule has 3 aromatic rings. The molecular formula is C15H10ClNO3. The molecule has 1 aromatic heterocycles. The largest absolute Gasteiger partial charge is 0.478 e. The van der Waals surface area contributed by atoms with E-state index in [4.69, 9.17) is 21.1 Å². The van der Waals surface area contributed by atoms with E-state index in [1.54, 1.807) is 18.2 Å². The number of hydrogen-bond donors (Lipinski definition) is 1. The van der Waals surface area contributed by atoms with Gasteiger partial charge in [0, 0.05) is 10.6 Å². The van der Waals surface area contributed by atoms with E-state index in [-0.39, 0.29) is 11.1 Å². The smallest absolute Gasteiger partial charge is 0.339 e. The van der Waals surface area contributed by atoms with E-state index >= 15 is 0 Å². The van der Waals surface area contributed by atoms with Crippen molar-refractivity contribution in [3.05, 3.63) is 52.5 Å². The highest BCUT2D eigenvalue weighted by molar-refractivity contribution is 6.30. The summed E-state index contributed by atoms with van der Waals surface area (Å²) in [4.78, 5) is 15.5. The van der Waals surface area contributed by atoms with E-state index in [9.17, 15) is 4.79 Å². The number of oxazole rings is 1. The second-order valence-electron chi connectivity index (χ2n) is 4.44. The van der Waals surface area contributed by atoms with Crippen LogP contribution in [0.15, 0.2) is 40.8 Å². The summed E-state index contributed by atoms with van der Waals surface area (Å²) < 4.78 is 5.63. The number of aromatic carboxylic acids is 1. The molecule has 0 spiro atoms. The SMILES string of the molecule is Cc1cc(Cl)ccc1-c1nc2cccc(C(=O)O)c2o1. The molecule has 0 aliphatic heterocycles. The molecule has 0 saturated carbocycles. The maximum atomic E-state index is 11.2. The van der Waals surface area contributed by atoms with Crippen molar-refractivity contribution >= 4 is 28.7 Å². The molecule has 3 rings (SSSR count). The van der Waals surface area contributed by atoms with Crippen LogP contribution in [-0.4, -0.2) is 16.1 Å². The Morgan fingerprint density at radius 2 is 2.10 bits per heavy atom. The standard InChI is InChI=1S/C15H10ClNO3/c1-8-7-9(16)5-6-10(8)14-17-12-4-2-3-11(15(18)19)13(12)20-14/h2-7H,1H3,(H,18,19). The Kier molecular flexibility index (Phi) is 2.95. The third-order valence-corrected chi connectivity index (χ3v) is 3.30. The fourth-order valence-electron chi connectivity index (χ4n) is 2.10. The monoisotopic (exact) mass is 287 g/mol. The van der Waals surface area contributed by atoms with Gasteiger partial charge in [-0.2, -0.15) is 0 Å². The molecule has 0 unspecified atom stereocenters. The van der Waals surface area contributed by atoms with Gasteiger partial charge in [0.15, 0.2) is 5.58 Å². The van der Waals surface area contributed by atoms with Gasteiger partial charge in [0.05, 0.1) is 0 Å². The molecule has 0 aliphatic rings. The van der Waals surface area contributed by atoms with Crippen LogP contribution in [0, 0.1) is 6.92 Å². The first-order valence-corrected chi connectivity index (χ1v) is 6.33. The zero-order valence-corrected chi connectivity index (χ0v) is 11.3. The van der Waals surface area contributed by atoms with Crippen LogP contribution in [0.1, 0.15) is 15.9 Å². The fraction of sp³-hybridized carbons (Fsp3) is 0.0667. The minimum Gasteiger partial charge on any atom is -0.478 e. The number of carbonyl (C=O) groups is 1. The number of para-hydroxylation sites is 1. The minimum atomic E-state index is -1.04. The number of carboxylic acid groups (broad SMARTS) is 1. The maximum absolute atomic E-state index is 11.2. The molecule has 0 radical (unpaired) electrons. The Hall–Kier alpha value is -2.33. The normalized spacial score (nSPS) is 10.9. The third-order valence-electron chi connectivity index (χ3n) is 3.06. The number of rotatable bonds is 2. The van der Waals surface area contributed by atoms with Crippen LogP contribution >= 0.6 is 11.6 Å². The number of nitrogens with zero attached hydrogens (tertiary/aromatic N) is 1. The zero-order chi connectivity index (χ0) is 14.3. The zero-order valence-electron chi connectivity index (χ0n) is 10.6. The van der Waals surface area contributed by atoms with Crippen molar-refractivity contribution in [1.29, 1.82) is 0 Å². The Morgan fingerprint density at radius 1 is 1.30 bits per heavy atom. The average molecular weight is 288 g/mol. The van der Waals surface area contributed by atoms with Crippen LogP contribution in [0.4, 0.5) is 0 Å². The number of halogens is 1. The quantitative estimate of drug-likeness (QED) is 0.769. The van der Waals surface area contributed by atoms with Gasteiger partial charge in [-0.3, -0.25) is 0 Å². The third kappa shape index (κ3) is 2.04. The van der Waals surface area contributed by atoms with Gasteiger partial charge in [0.2, 0.25) is 5.89 Å². The molecule has 0 amide bonds. The number of aryl methyl sites for hydroxylation is 1. The van der Waals surface area contributed by atoms with Gasteiger partial charge in [-0.05, 0) is 42.8 Å². The van der Waals surface area contributed by atoms with Gasteiger partial charge in [-0.25, -0.2) is 9.78 Å². The summed E-state index contributed by atoms with van der Waals surface area (Å²) in [5.74, 6) is -0.644. The van der Waals surface area contributed by atoms with E-state index in [1.165, 1.54) is 6.07 Å². The molecule has 0 atom stereocenters. The second-order valence-corrected chi connectivity index (χ2v) is 4.87. The molecule has 0 fully saturated rings. The molecule has 0 bridgehead atoms. The Bertz CT molecular complexity index is 823. The van der Waals surface area contributed by atoms with Crippen LogP contribution < -0.4 is 0 Å². The highest BCUT2D eigenvalue weighted by Gasteiger charge is 2.16. The van der Waals surface area contributed by atoms with E-state index in [0.29, 0.717) is 16.4 Å². The van der Waals surface area contributed by atoms with Crippen LogP contribution in [0.25, 0.3) is 22.6 Å². The van der Waals surface area contributed by atoms with Crippen molar-refractivity contribution in [2.45, 2.75) is 6.92 Å². The van der Waals surface area contributed by atoms with E-state index in [0.717, 1.165) is 11.1 Å². The van der Waals surface area contributed by atoms with E-state index in [1.807, 2.05) is 19.1 Å². The first kappa shape index (κ1) is 12.7. The molecule has 20 heavy (non-hydrogen) atoms. The molecule has 100 valence electrons. The summed E-state index contributed by atoms with van der Waals surface area (Å²) in [6.07, 6.45) is 0. The lowest BCUT2D eigenvalue weighted by molar-refractivity contribution is 0.0698. The predicted molar refractivity (Wildman–Crippen MR) is 76.2 cm³/mol. The van der Waals surface area contributed by atoms with E-state index < -0.39 is 5.97 Å². The van der Waals surface area contributed by atoms with Gasteiger partial charge in [0.25, 0.3) is 0 Å². The van der Waals surface area contributed by atoms with Crippen LogP contribution in [0.2, 0.25) is 5.02 Å². The lowest BCUT2D eigenvalue weighted by Crippen LogP contribution is -1.95. The Balaban J connectivity index is 2.23. The summed E-state index contributed by atoms with van der Waals surface area (Å²) in [6, 6.07) is 10.2. The van der Waals surface area contributed by atoms with Crippen LogP contribution in [0.3, 0.4) is 0 Å². The van der Waals surface area contributed by atoms with Gasteiger partial charge in [-0.15, -0.1) is 0 Å². The van der Waals surface area contributed by atoms with Crippen molar-refractivity contribution in [2.75, 3.05) is 0 Å². The van der Waals surface area contributed by atoms with Gasteiger partial charge in [-0.1, -0.05) is 17.7 Å². The molecular weight excluding hydrogens is 278 g/mol. The highest BCUT2D eigenvalue weighted by Crippen LogP contribution is 2.29. The Labute approximate surface area is 119 Å². The van der Waals surface area contributed by atoms with Crippen LogP contribution in [0.5, 0.6) is 0 Å². The van der Waals surface area contributed by atoms with E-state index in [2.05, 4.69) is 4.98 Å². The molecule has 0 aliphatic carbocycles. The van der Waals surface area contributed by atoms with Crippen molar-refractivity contribution in [3.63, 3.8) is 0 Å². The summed E-state index contributed by atoms with van der Waals surface area (Å²) in [7, 11) is 0. The average Bonchev–Trinajstić information content (AvgIpc) is 2.81.